The molecule has 0 bridgehead atoms. The predicted octanol–water partition coefficient (Wildman–Crippen LogP) is 11.7. The fourth-order valence-corrected chi connectivity index (χ4v) is 5.95. The molecule has 7 aromatic carbocycles. The average Bonchev–Trinajstić information content (AvgIpc) is 3.10. The lowest BCUT2D eigenvalue weighted by Crippen LogP contribution is -2.17. The first kappa shape index (κ1) is 25.7. The maximum atomic E-state index is 6.91. The summed E-state index contributed by atoms with van der Waals surface area (Å²) in [4.78, 5) is 4.52. The van der Waals surface area contributed by atoms with Gasteiger partial charge in [-0.05, 0) is 60.7 Å². The Hall–Kier alpha value is -6.00. The fraction of sp³-hybridized carbons (Fsp3) is 0. The topological polar surface area (TPSA) is 24.9 Å². The number of benzene rings is 7. The van der Waals surface area contributed by atoms with Gasteiger partial charge in [-0.3, -0.25) is 0 Å². The maximum Gasteiger partial charge on any atom is 0.196 e. The maximum absolute atomic E-state index is 6.91. The number of ether oxygens (including phenoxy) is 2. The molecule has 0 saturated heterocycles. The summed E-state index contributed by atoms with van der Waals surface area (Å²) in [5.74, 6) is 2.66. The SMILES string of the molecule is c1ccc(N(c2ccccc2)c2c3c(c(N(c4ccccc4)c4ccccc4)c4ccccc24)Oc2ccccc2O3)cc1. The molecule has 210 valence electrons. The summed E-state index contributed by atoms with van der Waals surface area (Å²) in [5, 5.41) is 2.07. The lowest BCUT2D eigenvalue weighted by molar-refractivity contribution is 0.362. The molecule has 0 N–H and O–H groups in total. The highest BCUT2D eigenvalue weighted by molar-refractivity contribution is 6.13. The van der Waals surface area contributed by atoms with Gasteiger partial charge < -0.3 is 19.3 Å². The van der Waals surface area contributed by atoms with E-state index in [9.17, 15) is 0 Å². The lowest BCUT2D eigenvalue weighted by atomic mass is 10.00. The van der Waals surface area contributed by atoms with Gasteiger partial charge in [-0.2, -0.15) is 0 Å². The Bertz CT molecular complexity index is 1840. The van der Waals surface area contributed by atoms with Crippen molar-refractivity contribution in [2.45, 2.75) is 0 Å². The molecule has 0 aromatic heterocycles. The van der Waals surface area contributed by atoms with Crippen LogP contribution in [0.1, 0.15) is 0 Å². The van der Waals surface area contributed by atoms with Crippen LogP contribution in [0.4, 0.5) is 34.1 Å². The zero-order valence-electron chi connectivity index (χ0n) is 23.9. The van der Waals surface area contributed by atoms with Gasteiger partial charge in [0.15, 0.2) is 23.0 Å². The van der Waals surface area contributed by atoms with Crippen LogP contribution in [-0.2, 0) is 0 Å². The van der Waals surface area contributed by atoms with Crippen molar-refractivity contribution in [2.24, 2.45) is 0 Å². The normalized spacial score (nSPS) is 11.5. The van der Waals surface area contributed by atoms with Crippen molar-refractivity contribution in [3.63, 3.8) is 0 Å². The third-order valence-electron chi connectivity index (χ3n) is 7.85. The summed E-state index contributed by atoms with van der Waals surface area (Å²) in [6, 6.07) is 58.0. The Kier molecular flexibility index (Phi) is 6.43. The molecule has 0 aliphatic carbocycles. The summed E-state index contributed by atoms with van der Waals surface area (Å²) in [7, 11) is 0. The van der Waals surface area contributed by atoms with E-state index in [1.54, 1.807) is 0 Å². The third-order valence-corrected chi connectivity index (χ3v) is 7.85. The average molecular weight is 569 g/mol. The van der Waals surface area contributed by atoms with Crippen LogP contribution in [-0.4, -0.2) is 0 Å². The number of para-hydroxylation sites is 6. The smallest absolute Gasteiger partial charge is 0.196 e. The number of hydrogen-bond acceptors (Lipinski definition) is 4. The van der Waals surface area contributed by atoms with Crippen molar-refractivity contribution in [3.8, 4) is 23.0 Å². The molecule has 4 heteroatoms. The molecule has 0 saturated carbocycles. The Labute approximate surface area is 256 Å². The molecule has 0 atom stereocenters. The highest BCUT2D eigenvalue weighted by Gasteiger charge is 2.34. The quantitative estimate of drug-likeness (QED) is 0.186. The molecule has 0 spiro atoms. The van der Waals surface area contributed by atoms with E-state index in [1.807, 2.05) is 48.5 Å². The largest absolute Gasteiger partial charge is 0.447 e. The second kappa shape index (κ2) is 11.0. The minimum Gasteiger partial charge on any atom is -0.447 e. The first-order valence-electron chi connectivity index (χ1n) is 14.7. The van der Waals surface area contributed by atoms with Gasteiger partial charge in [-0.25, -0.2) is 0 Å². The summed E-state index contributed by atoms with van der Waals surface area (Å²) < 4.78 is 13.8. The molecule has 44 heavy (non-hydrogen) atoms. The van der Waals surface area contributed by atoms with E-state index in [0.717, 1.165) is 44.9 Å². The number of nitrogens with zero attached hydrogens (tertiary/aromatic N) is 2. The second-order valence-electron chi connectivity index (χ2n) is 10.6. The monoisotopic (exact) mass is 568 g/mol. The van der Waals surface area contributed by atoms with Crippen molar-refractivity contribution >= 4 is 44.9 Å². The van der Waals surface area contributed by atoms with Crippen LogP contribution in [0.25, 0.3) is 10.8 Å². The van der Waals surface area contributed by atoms with Gasteiger partial charge in [-0.15, -0.1) is 0 Å². The molecule has 0 amide bonds. The van der Waals surface area contributed by atoms with E-state index in [0.29, 0.717) is 23.0 Å². The van der Waals surface area contributed by atoms with Crippen molar-refractivity contribution in [1.29, 1.82) is 0 Å². The number of anilines is 6. The van der Waals surface area contributed by atoms with Crippen LogP contribution < -0.4 is 19.3 Å². The van der Waals surface area contributed by atoms with E-state index in [-0.39, 0.29) is 0 Å². The van der Waals surface area contributed by atoms with Crippen LogP contribution in [0, 0.1) is 0 Å². The predicted molar refractivity (Wildman–Crippen MR) is 180 cm³/mol. The fourth-order valence-electron chi connectivity index (χ4n) is 5.95. The van der Waals surface area contributed by atoms with Crippen molar-refractivity contribution in [3.05, 3.63) is 170 Å². The first-order valence-corrected chi connectivity index (χ1v) is 14.7. The number of rotatable bonds is 6. The zero-order valence-corrected chi connectivity index (χ0v) is 23.9. The Balaban J connectivity index is 1.51. The van der Waals surface area contributed by atoms with E-state index in [1.165, 1.54) is 0 Å². The summed E-state index contributed by atoms with van der Waals surface area (Å²) in [5.41, 5.74) is 5.89. The van der Waals surface area contributed by atoms with Crippen LogP contribution in [0.5, 0.6) is 23.0 Å². The van der Waals surface area contributed by atoms with E-state index >= 15 is 0 Å². The highest BCUT2D eigenvalue weighted by Crippen LogP contribution is 2.61. The molecule has 1 aliphatic rings. The van der Waals surface area contributed by atoms with Gasteiger partial charge in [0.1, 0.15) is 11.4 Å². The van der Waals surface area contributed by atoms with Gasteiger partial charge in [0, 0.05) is 33.5 Å². The minimum atomic E-state index is 0.655. The van der Waals surface area contributed by atoms with E-state index < -0.39 is 0 Å². The van der Waals surface area contributed by atoms with Crippen LogP contribution >= 0.6 is 0 Å². The Morgan fingerprint density at radius 3 is 0.886 bits per heavy atom. The van der Waals surface area contributed by atoms with Gasteiger partial charge >= 0.3 is 0 Å². The molecule has 0 unspecified atom stereocenters. The third kappa shape index (κ3) is 4.41. The summed E-state index contributed by atoms with van der Waals surface area (Å²) in [6.07, 6.45) is 0. The summed E-state index contributed by atoms with van der Waals surface area (Å²) in [6.45, 7) is 0. The highest BCUT2D eigenvalue weighted by atomic mass is 16.6. The molecular formula is C40H28N2O2. The van der Waals surface area contributed by atoms with Gasteiger partial charge in [0.2, 0.25) is 0 Å². The lowest BCUT2D eigenvalue weighted by Gasteiger charge is -2.35. The molecule has 1 aliphatic heterocycles. The number of hydrogen-bond donors (Lipinski definition) is 0. The van der Waals surface area contributed by atoms with Crippen LogP contribution in [0.2, 0.25) is 0 Å². The second-order valence-corrected chi connectivity index (χ2v) is 10.6. The molecule has 0 fully saturated rings. The Morgan fingerprint density at radius 1 is 0.295 bits per heavy atom. The van der Waals surface area contributed by atoms with Crippen molar-refractivity contribution < 1.29 is 9.47 Å². The standard InChI is InChI=1S/C40H28N2O2/c1-5-17-29(18-6-1)41(30-19-7-2-8-20-30)37-33-25-13-14-26-34(33)38(40-39(37)43-35-27-15-16-28-36(35)44-40)42(31-21-9-3-10-22-31)32-23-11-4-12-24-32/h1-28H. The Morgan fingerprint density at radius 2 is 0.568 bits per heavy atom. The van der Waals surface area contributed by atoms with Gasteiger partial charge in [0.25, 0.3) is 0 Å². The van der Waals surface area contributed by atoms with Gasteiger partial charge in [-0.1, -0.05) is 109 Å². The molecule has 4 nitrogen and oxygen atoms in total. The van der Waals surface area contributed by atoms with Crippen molar-refractivity contribution in [1.82, 2.24) is 0 Å². The molecular weight excluding hydrogens is 540 g/mol. The van der Waals surface area contributed by atoms with E-state index in [2.05, 4.69) is 131 Å². The van der Waals surface area contributed by atoms with Crippen molar-refractivity contribution in [2.75, 3.05) is 9.80 Å². The molecule has 0 radical (unpaired) electrons. The summed E-state index contributed by atoms with van der Waals surface area (Å²) >= 11 is 0. The van der Waals surface area contributed by atoms with Crippen LogP contribution in [0.15, 0.2) is 170 Å². The number of fused-ring (bicyclic) bond motifs is 3. The molecule has 7 aromatic rings. The van der Waals surface area contributed by atoms with Gasteiger partial charge in [0.05, 0.1) is 0 Å². The molecule has 8 rings (SSSR count). The van der Waals surface area contributed by atoms with E-state index in [4.69, 9.17) is 9.47 Å². The first-order chi connectivity index (χ1) is 21.9. The molecule has 1 heterocycles. The zero-order chi connectivity index (χ0) is 29.3. The van der Waals surface area contributed by atoms with Crippen LogP contribution in [0.3, 0.4) is 0 Å². The minimum absolute atomic E-state index is 0.655.